The Hall–Kier alpha value is -1.02. The number of rotatable bonds is 6. The molecule has 0 unspecified atom stereocenters. The highest BCUT2D eigenvalue weighted by atomic mass is 16.5. The van der Waals surface area contributed by atoms with Crippen LogP contribution in [-0.4, -0.2) is 18.2 Å². The molecule has 2 nitrogen and oxygen atoms in total. The lowest BCUT2D eigenvalue weighted by atomic mass is 9.89. The quantitative estimate of drug-likeness (QED) is 0.811. The lowest BCUT2D eigenvalue weighted by molar-refractivity contribution is 0.203. The van der Waals surface area contributed by atoms with Crippen molar-refractivity contribution in [2.75, 3.05) is 6.54 Å². The molecule has 0 aliphatic rings. The zero-order chi connectivity index (χ0) is 16.1. The average Bonchev–Trinajstić information content (AvgIpc) is 2.34. The van der Waals surface area contributed by atoms with Gasteiger partial charge in [-0.2, -0.15) is 0 Å². The van der Waals surface area contributed by atoms with Crippen molar-refractivity contribution < 1.29 is 4.74 Å². The summed E-state index contributed by atoms with van der Waals surface area (Å²) in [5.74, 6) is 0.956. The van der Waals surface area contributed by atoms with Crippen LogP contribution in [-0.2, 0) is 6.42 Å². The van der Waals surface area contributed by atoms with Crippen LogP contribution in [0.3, 0.4) is 0 Å². The average molecular weight is 291 g/mol. The Morgan fingerprint density at radius 1 is 1.00 bits per heavy atom. The van der Waals surface area contributed by atoms with E-state index in [-0.39, 0.29) is 11.6 Å². The summed E-state index contributed by atoms with van der Waals surface area (Å²) in [5, 5.41) is 3.47. The van der Waals surface area contributed by atoms with Gasteiger partial charge >= 0.3 is 0 Å². The normalized spacial score (nSPS) is 14.0. The highest BCUT2D eigenvalue weighted by molar-refractivity contribution is 5.27. The second-order valence-electron chi connectivity index (χ2n) is 8.26. The molecule has 0 saturated heterocycles. The fourth-order valence-electron chi connectivity index (χ4n) is 1.98. The number of hydrogen-bond acceptors (Lipinski definition) is 2. The standard InChI is InChI=1S/C19H33NO/c1-15(14-20-19(5,6)7)21-17-10-8-16(9-11-17)12-13-18(2,3)4/h8-11,15,20H,12-14H2,1-7H3/t15-/m0/s1. The summed E-state index contributed by atoms with van der Waals surface area (Å²) in [5.41, 5.74) is 1.91. The third kappa shape index (κ3) is 8.77. The van der Waals surface area contributed by atoms with Gasteiger partial charge in [-0.1, -0.05) is 32.9 Å². The Labute approximate surface area is 131 Å². The van der Waals surface area contributed by atoms with Gasteiger partial charge in [0, 0.05) is 12.1 Å². The zero-order valence-electron chi connectivity index (χ0n) is 14.9. The maximum absolute atomic E-state index is 5.95. The number of ether oxygens (including phenoxy) is 1. The molecule has 0 spiro atoms. The lowest BCUT2D eigenvalue weighted by Crippen LogP contribution is -2.41. The first-order valence-corrected chi connectivity index (χ1v) is 8.06. The van der Waals surface area contributed by atoms with Crippen LogP contribution < -0.4 is 10.1 Å². The molecule has 1 N–H and O–H groups in total. The SMILES string of the molecule is C[C@@H](CNC(C)(C)C)Oc1ccc(CCC(C)(C)C)cc1. The summed E-state index contributed by atoms with van der Waals surface area (Å²) in [6, 6.07) is 8.55. The molecule has 0 aromatic heterocycles. The van der Waals surface area contributed by atoms with Crippen molar-refractivity contribution in [3.8, 4) is 5.75 Å². The van der Waals surface area contributed by atoms with Crippen LogP contribution in [0.5, 0.6) is 5.75 Å². The van der Waals surface area contributed by atoms with Gasteiger partial charge in [0.05, 0.1) is 0 Å². The Bertz CT molecular complexity index is 409. The summed E-state index contributed by atoms with van der Waals surface area (Å²) in [4.78, 5) is 0. The second-order valence-corrected chi connectivity index (χ2v) is 8.26. The Morgan fingerprint density at radius 3 is 2.05 bits per heavy atom. The van der Waals surface area contributed by atoms with Crippen molar-refractivity contribution >= 4 is 0 Å². The molecule has 0 fully saturated rings. The Balaban J connectivity index is 2.43. The zero-order valence-corrected chi connectivity index (χ0v) is 14.9. The molecule has 0 bridgehead atoms. The van der Waals surface area contributed by atoms with E-state index in [1.807, 2.05) is 0 Å². The van der Waals surface area contributed by atoms with E-state index in [1.54, 1.807) is 0 Å². The van der Waals surface area contributed by atoms with Gasteiger partial charge in [-0.25, -0.2) is 0 Å². The van der Waals surface area contributed by atoms with E-state index in [0.29, 0.717) is 5.41 Å². The number of benzene rings is 1. The van der Waals surface area contributed by atoms with Crippen molar-refractivity contribution in [1.29, 1.82) is 0 Å². The third-order valence-electron chi connectivity index (χ3n) is 3.34. The minimum atomic E-state index is 0.133. The first kappa shape index (κ1) is 18.0. The molecule has 1 aromatic carbocycles. The van der Waals surface area contributed by atoms with Gasteiger partial charge in [0.25, 0.3) is 0 Å². The summed E-state index contributed by atoms with van der Waals surface area (Å²) >= 11 is 0. The number of aryl methyl sites for hydroxylation is 1. The summed E-state index contributed by atoms with van der Waals surface area (Å²) in [6.45, 7) is 16.3. The topological polar surface area (TPSA) is 21.3 Å². The molecule has 0 amide bonds. The Morgan fingerprint density at radius 2 is 1.57 bits per heavy atom. The predicted molar refractivity (Wildman–Crippen MR) is 92.1 cm³/mol. The smallest absolute Gasteiger partial charge is 0.119 e. The second kappa shape index (κ2) is 7.31. The molecule has 1 atom stereocenters. The van der Waals surface area contributed by atoms with Crippen LogP contribution in [0.2, 0.25) is 0 Å². The van der Waals surface area contributed by atoms with Crippen LogP contribution >= 0.6 is 0 Å². The van der Waals surface area contributed by atoms with Gasteiger partial charge < -0.3 is 10.1 Å². The van der Waals surface area contributed by atoms with Crippen LogP contribution in [0.1, 0.15) is 60.5 Å². The maximum Gasteiger partial charge on any atom is 0.119 e. The molecule has 1 rings (SSSR count). The molecule has 0 radical (unpaired) electrons. The van der Waals surface area contributed by atoms with Crippen LogP contribution in [0, 0.1) is 5.41 Å². The number of nitrogens with one attached hydrogen (secondary N) is 1. The van der Waals surface area contributed by atoms with Gasteiger partial charge in [0.15, 0.2) is 0 Å². The van der Waals surface area contributed by atoms with Crippen molar-refractivity contribution in [2.24, 2.45) is 5.41 Å². The van der Waals surface area contributed by atoms with Gasteiger partial charge in [-0.05, 0) is 63.6 Å². The minimum absolute atomic E-state index is 0.133. The molecule has 120 valence electrons. The molecule has 1 aromatic rings. The summed E-state index contributed by atoms with van der Waals surface area (Å²) < 4.78 is 5.95. The fraction of sp³-hybridized carbons (Fsp3) is 0.684. The van der Waals surface area contributed by atoms with E-state index in [9.17, 15) is 0 Å². The summed E-state index contributed by atoms with van der Waals surface area (Å²) in [6.07, 6.45) is 2.51. The van der Waals surface area contributed by atoms with Crippen molar-refractivity contribution in [2.45, 2.75) is 73.0 Å². The molecule has 2 heteroatoms. The number of hydrogen-bond donors (Lipinski definition) is 1. The largest absolute Gasteiger partial charge is 0.489 e. The van der Waals surface area contributed by atoms with E-state index < -0.39 is 0 Å². The third-order valence-corrected chi connectivity index (χ3v) is 3.34. The molecule has 0 saturated carbocycles. The lowest BCUT2D eigenvalue weighted by Gasteiger charge is -2.24. The van der Waals surface area contributed by atoms with E-state index >= 15 is 0 Å². The van der Waals surface area contributed by atoms with E-state index in [4.69, 9.17) is 4.74 Å². The molecule has 21 heavy (non-hydrogen) atoms. The molecular weight excluding hydrogens is 258 g/mol. The van der Waals surface area contributed by atoms with E-state index in [0.717, 1.165) is 18.7 Å². The highest BCUT2D eigenvalue weighted by Gasteiger charge is 2.12. The van der Waals surface area contributed by atoms with Gasteiger partial charge in [0.2, 0.25) is 0 Å². The van der Waals surface area contributed by atoms with E-state index in [2.05, 4.69) is 78.0 Å². The first-order valence-electron chi connectivity index (χ1n) is 8.06. The Kier molecular flexibility index (Phi) is 6.27. The monoisotopic (exact) mass is 291 g/mol. The highest BCUT2D eigenvalue weighted by Crippen LogP contribution is 2.22. The van der Waals surface area contributed by atoms with E-state index in [1.165, 1.54) is 12.0 Å². The van der Waals surface area contributed by atoms with Crippen LogP contribution in [0.25, 0.3) is 0 Å². The summed E-state index contributed by atoms with van der Waals surface area (Å²) in [7, 11) is 0. The molecular formula is C19H33NO. The molecule has 0 aliphatic carbocycles. The van der Waals surface area contributed by atoms with Gasteiger partial charge in [-0.3, -0.25) is 0 Å². The molecule has 0 aliphatic heterocycles. The van der Waals surface area contributed by atoms with Crippen LogP contribution in [0.15, 0.2) is 24.3 Å². The van der Waals surface area contributed by atoms with Crippen molar-refractivity contribution in [1.82, 2.24) is 5.32 Å². The first-order chi connectivity index (χ1) is 9.55. The van der Waals surface area contributed by atoms with Gasteiger partial charge in [0.1, 0.15) is 11.9 Å². The molecule has 0 heterocycles. The predicted octanol–water partition coefficient (Wildman–Crippen LogP) is 4.82. The van der Waals surface area contributed by atoms with Crippen molar-refractivity contribution in [3.63, 3.8) is 0 Å². The van der Waals surface area contributed by atoms with Gasteiger partial charge in [-0.15, -0.1) is 0 Å². The van der Waals surface area contributed by atoms with Crippen LogP contribution in [0.4, 0.5) is 0 Å². The fourth-order valence-corrected chi connectivity index (χ4v) is 1.98. The minimum Gasteiger partial charge on any atom is -0.489 e. The maximum atomic E-state index is 5.95. The van der Waals surface area contributed by atoms with Crippen molar-refractivity contribution in [3.05, 3.63) is 29.8 Å².